The summed E-state index contributed by atoms with van der Waals surface area (Å²) in [4.78, 5) is 11.9. The van der Waals surface area contributed by atoms with E-state index in [9.17, 15) is 9.90 Å². The van der Waals surface area contributed by atoms with Crippen LogP contribution in [0, 0.1) is 0 Å². The van der Waals surface area contributed by atoms with Gasteiger partial charge in [0, 0.05) is 6.04 Å². The van der Waals surface area contributed by atoms with Crippen LogP contribution in [0.4, 0.5) is 0 Å². The third-order valence-corrected chi connectivity index (χ3v) is 2.81. The number of esters is 1. The first-order chi connectivity index (χ1) is 8.58. The maximum Gasteiger partial charge on any atom is 0.327 e. The molecule has 0 heterocycles. The lowest BCUT2D eigenvalue weighted by molar-refractivity contribution is -0.146. The predicted octanol–water partition coefficient (Wildman–Crippen LogP) is 2.38. The van der Waals surface area contributed by atoms with Gasteiger partial charge in [-0.2, -0.15) is 0 Å². The van der Waals surface area contributed by atoms with E-state index >= 15 is 0 Å². The van der Waals surface area contributed by atoms with Gasteiger partial charge < -0.3 is 9.84 Å². The average Bonchev–Trinajstić information content (AvgIpc) is 2.37. The summed E-state index contributed by atoms with van der Waals surface area (Å²) in [6, 6.07) is 6.33. The van der Waals surface area contributed by atoms with Crippen molar-refractivity contribution in [1.82, 2.24) is 5.32 Å². The van der Waals surface area contributed by atoms with Crippen LogP contribution in [0.3, 0.4) is 0 Å². The summed E-state index contributed by atoms with van der Waals surface area (Å²) < 4.78 is 5.07. The first-order valence-electron chi connectivity index (χ1n) is 6.30. The van der Waals surface area contributed by atoms with Crippen LogP contribution < -0.4 is 5.32 Å². The standard InChI is InChI=1S/C14H21NO3/c1-4-10(3)15-13(14(17)18-5-2)11-6-8-12(16)9-7-11/h6-10,13,15-16H,4-5H2,1-3H3. The van der Waals surface area contributed by atoms with E-state index in [1.807, 2.05) is 6.92 Å². The van der Waals surface area contributed by atoms with Crippen LogP contribution in [0.25, 0.3) is 0 Å². The minimum Gasteiger partial charge on any atom is -0.508 e. The van der Waals surface area contributed by atoms with Gasteiger partial charge in [0.2, 0.25) is 0 Å². The molecule has 1 aromatic carbocycles. The lowest BCUT2D eigenvalue weighted by Crippen LogP contribution is -2.36. The predicted molar refractivity (Wildman–Crippen MR) is 70.4 cm³/mol. The first-order valence-corrected chi connectivity index (χ1v) is 6.30. The van der Waals surface area contributed by atoms with Crippen LogP contribution >= 0.6 is 0 Å². The molecule has 0 radical (unpaired) electrons. The molecule has 0 bridgehead atoms. The van der Waals surface area contributed by atoms with Crippen LogP contribution in [0.15, 0.2) is 24.3 Å². The van der Waals surface area contributed by atoms with Gasteiger partial charge in [-0.15, -0.1) is 0 Å². The molecule has 2 N–H and O–H groups in total. The number of nitrogens with one attached hydrogen (secondary N) is 1. The van der Waals surface area contributed by atoms with E-state index in [4.69, 9.17) is 4.74 Å². The number of carbonyl (C=O) groups is 1. The maximum absolute atomic E-state index is 11.9. The topological polar surface area (TPSA) is 58.6 Å². The largest absolute Gasteiger partial charge is 0.508 e. The first kappa shape index (κ1) is 14.5. The fourth-order valence-electron chi connectivity index (χ4n) is 1.60. The number of phenolic OH excluding ortho intramolecular Hbond substituents is 1. The highest BCUT2D eigenvalue weighted by Gasteiger charge is 2.22. The molecule has 4 heteroatoms. The molecule has 0 aromatic heterocycles. The number of carbonyl (C=O) groups excluding carboxylic acids is 1. The fraction of sp³-hybridized carbons (Fsp3) is 0.500. The summed E-state index contributed by atoms with van der Waals surface area (Å²) in [6.07, 6.45) is 0.925. The second-order valence-corrected chi connectivity index (χ2v) is 4.25. The lowest BCUT2D eigenvalue weighted by Gasteiger charge is -2.21. The summed E-state index contributed by atoms with van der Waals surface area (Å²) in [6.45, 7) is 6.22. The van der Waals surface area contributed by atoms with Gasteiger partial charge in [0.05, 0.1) is 6.61 Å². The van der Waals surface area contributed by atoms with E-state index in [1.165, 1.54) is 0 Å². The lowest BCUT2D eigenvalue weighted by atomic mass is 10.1. The second-order valence-electron chi connectivity index (χ2n) is 4.25. The minimum atomic E-state index is -0.486. The van der Waals surface area contributed by atoms with Crippen LogP contribution in [0.1, 0.15) is 38.8 Å². The molecule has 0 aliphatic rings. The average molecular weight is 251 g/mol. The molecular weight excluding hydrogens is 230 g/mol. The molecule has 0 fully saturated rings. The number of rotatable bonds is 6. The zero-order valence-corrected chi connectivity index (χ0v) is 11.1. The van der Waals surface area contributed by atoms with E-state index < -0.39 is 6.04 Å². The Bertz CT molecular complexity index is 375. The Morgan fingerprint density at radius 1 is 1.33 bits per heavy atom. The Labute approximate surface area is 108 Å². The van der Waals surface area contributed by atoms with Crippen LogP contribution in [0.5, 0.6) is 5.75 Å². The van der Waals surface area contributed by atoms with Crippen molar-refractivity contribution in [2.45, 2.75) is 39.3 Å². The van der Waals surface area contributed by atoms with Gasteiger partial charge in [-0.3, -0.25) is 5.32 Å². The maximum atomic E-state index is 11.9. The Hall–Kier alpha value is -1.55. The van der Waals surface area contributed by atoms with Crippen molar-refractivity contribution in [2.24, 2.45) is 0 Å². The van der Waals surface area contributed by atoms with Gasteiger partial charge in [-0.25, -0.2) is 4.79 Å². The van der Waals surface area contributed by atoms with Gasteiger partial charge in [-0.1, -0.05) is 19.1 Å². The summed E-state index contributed by atoms with van der Waals surface area (Å²) in [5.41, 5.74) is 0.798. The van der Waals surface area contributed by atoms with Crippen molar-refractivity contribution in [3.05, 3.63) is 29.8 Å². The fourth-order valence-corrected chi connectivity index (χ4v) is 1.60. The molecule has 4 nitrogen and oxygen atoms in total. The molecule has 2 atom stereocenters. The highest BCUT2D eigenvalue weighted by Crippen LogP contribution is 2.19. The van der Waals surface area contributed by atoms with Gasteiger partial charge in [0.25, 0.3) is 0 Å². The summed E-state index contributed by atoms with van der Waals surface area (Å²) in [5.74, 6) is -0.103. The summed E-state index contributed by atoms with van der Waals surface area (Å²) >= 11 is 0. The Morgan fingerprint density at radius 3 is 2.44 bits per heavy atom. The highest BCUT2D eigenvalue weighted by atomic mass is 16.5. The normalized spacial score (nSPS) is 13.9. The number of phenols is 1. The zero-order chi connectivity index (χ0) is 13.5. The molecule has 1 rings (SSSR count). The summed E-state index contributed by atoms with van der Waals surface area (Å²) in [5, 5.41) is 12.5. The van der Waals surface area contributed by atoms with Crippen LogP contribution in [0.2, 0.25) is 0 Å². The molecule has 0 saturated heterocycles. The SMILES string of the molecule is CCOC(=O)C(NC(C)CC)c1ccc(O)cc1. The molecule has 0 aliphatic heterocycles. The van der Waals surface area contributed by atoms with Crippen LogP contribution in [-0.4, -0.2) is 23.7 Å². The van der Waals surface area contributed by atoms with E-state index in [-0.39, 0.29) is 17.8 Å². The van der Waals surface area contributed by atoms with Crippen molar-refractivity contribution < 1.29 is 14.6 Å². The van der Waals surface area contributed by atoms with Gasteiger partial charge in [0.1, 0.15) is 11.8 Å². The van der Waals surface area contributed by atoms with Crippen molar-refractivity contribution in [3.8, 4) is 5.75 Å². The van der Waals surface area contributed by atoms with E-state index in [0.29, 0.717) is 6.61 Å². The molecule has 0 saturated carbocycles. The number of ether oxygens (including phenoxy) is 1. The highest BCUT2D eigenvalue weighted by molar-refractivity contribution is 5.77. The second kappa shape index (κ2) is 7.01. The number of aromatic hydroxyl groups is 1. The molecule has 0 amide bonds. The number of hydrogen-bond acceptors (Lipinski definition) is 4. The van der Waals surface area contributed by atoms with Crippen LogP contribution in [-0.2, 0) is 9.53 Å². The molecule has 0 aliphatic carbocycles. The molecule has 0 spiro atoms. The Balaban J connectivity index is 2.88. The molecule has 100 valence electrons. The minimum absolute atomic E-state index is 0.185. The Kier molecular flexibility index (Phi) is 5.65. The Morgan fingerprint density at radius 2 is 1.94 bits per heavy atom. The molecule has 1 aromatic rings. The smallest absolute Gasteiger partial charge is 0.327 e. The number of hydrogen-bond donors (Lipinski definition) is 2. The molecular formula is C14H21NO3. The van der Waals surface area contributed by atoms with Gasteiger partial charge in [0.15, 0.2) is 0 Å². The zero-order valence-electron chi connectivity index (χ0n) is 11.1. The van der Waals surface area contributed by atoms with Crippen molar-refractivity contribution >= 4 is 5.97 Å². The van der Waals surface area contributed by atoms with E-state index in [1.54, 1.807) is 31.2 Å². The third-order valence-electron chi connectivity index (χ3n) is 2.81. The molecule has 18 heavy (non-hydrogen) atoms. The quantitative estimate of drug-likeness (QED) is 0.762. The van der Waals surface area contributed by atoms with Crippen molar-refractivity contribution in [1.29, 1.82) is 0 Å². The van der Waals surface area contributed by atoms with Crippen molar-refractivity contribution in [2.75, 3.05) is 6.61 Å². The third kappa shape index (κ3) is 4.04. The molecule has 2 unspecified atom stereocenters. The van der Waals surface area contributed by atoms with E-state index in [0.717, 1.165) is 12.0 Å². The summed E-state index contributed by atoms with van der Waals surface area (Å²) in [7, 11) is 0. The van der Waals surface area contributed by atoms with Gasteiger partial charge in [-0.05, 0) is 38.0 Å². The van der Waals surface area contributed by atoms with Gasteiger partial charge >= 0.3 is 5.97 Å². The number of benzene rings is 1. The monoisotopic (exact) mass is 251 g/mol. The van der Waals surface area contributed by atoms with E-state index in [2.05, 4.69) is 12.2 Å². The van der Waals surface area contributed by atoms with Crippen molar-refractivity contribution in [3.63, 3.8) is 0 Å².